The number of hydrogen-bond acceptors (Lipinski definition) is 2. The Morgan fingerprint density at radius 1 is 1.12 bits per heavy atom. The van der Waals surface area contributed by atoms with Crippen molar-refractivity contribution in [3.05, 3.63) is 0 Å². The molecule has 0 aromatic heterocycles. The molecular formula is C11H18Cl4O2. The Kier molecular flexibility index (Phi) is 6.41. The van der Waals surface area contributed by atoms with E-state index >= 15 is 0 Å². The van der Waals surface area contributed by atoms with E-state index in [2.05, 4.69) is 0 Å². The SMILES string of the molecule is CCC(Cl)(Cl)CC(C)(CC(C)(Cl)Cl)C(=O)OC. The van der Waals surface area contributed by atoms with Crippen LogP contribution in [0, 0.1) is 5.41 Å². The molecule has 1 unspecified atom stereocenters. The van der Waals surface area contributed by atoms with Crippen LogP contribution in [-0.2, 0) is 9.53 Å². The quantitative estimate of drug-likeness (QED) is 0.522. The summed E-state index contributed by atoms with van der Waals surface area (Å²) < 4.78 is 2.74. The van der Waals surface area contributed by atoms with Gasteiger partial charge in [0.15, 0.2) is 0 Å². The number of methoxy groups -OCH3 is 1. The van der Waals surface area contributed by atoms with Gasteiger partial charge >= 0.3 is 5.97 Å². The molecule has 2 nitrogen and oxygen atoms in total. The lowest BCUT2D eigenvalue weighted by Gasteiger charge is -2.34. The first-order valence-corrected chi connectivity index (χ1v) is 6.81. The van der Waals surface area contributed by atoms with E-state index in [0.717, 1.165) is 0 Å². The summed E-state index contributed by atoms with van der Waals surface area (Å²) in [6.45, 7) is 5.17. The Bertz CT molecular complexity index is 273. The zero-order valence-corrected chi connectivity index (χ0v) is 13.5. The predicted octanol–water partition coefficient (Wildman–Crippen LogP) is 4.72. The highest BCUT2D eigenvalue weighted by atomic mass is 35.5. The van der Waals surface area contributed by atoms with Gasteiger partial charge in [0.25, 0.3) is 0 Å². The molecule has 0 aliphatic heterocycles. The van der Waals surface area contributed by atoms with Gasteiger partial charge in [0.1, 0.15) is 8.67 Å². The Morgan fingerprint density at radius 2 is 1.59 bits per heavy atom. The van der Waals surface area contributed by atoms with Gasteiger partial charge in [0.2, 0.25) is 0 Å². The second kappa shape index (κ2) is 6.18. The fraction of sp³-hybridized carbons (Fsp3) is 0.909. The number of halogens is 4. The number of hydrogen-bond donors (Lipinski definition) is 0. The molecule has 0 rings (SSSR count). The summed E-state index contributed by atoms with van der Waals surface area (Å²) >= 11 is 24.1. The first-order chi connectivity index (χ1) is 7.46. The molecule has 0 aromatic rings. The first kappa shape index (κ1) is 17.6. The molecule has 0 aromatic carbocycles. The molecule has 6 heteroatoms. The minimum absolute atomic E-state index is 0.219. The highest BCUT2D eigenvalue weighted by Crippen LogP contribution is 2.45. The lowest BCUT2D eigenvalue weighted by molar-refractivity contribution is -0.153. The van der Waals surface area contributed by atoms with Crippen LogP contribution >= 0.6 is 46.4 Å². The molecule has 102 valence electrons. The van der Waals surface area contributed by atoms with Crippen molar-refractivity contribution in [2.45, 2.75) is 48.7 Å². The van der Waals surface area contributed by atoms with Crippen LogP contribution in [0.15, 0.2) is 0 Å². The summed E-state index contributed by atoms with van der Waals surface area (Å²) in [5.74, 6) is -0.413. The summed E-state index contributed by atoms with van der Waals surface area (Å²) in [7, 11) is 1.32. The summed E-state index contributed by atoms with van der Waals surface area (Å²) in [6, 6.07) is 0. The van der Waals surface area contributed by atoms with Crippen molar-refractivity contribution in [2.24, 2.45) is 5.41 Å². The zero-order chi connectivity index (χ0) is 13.9. The number of esters is 1. The highest BCUT2D eigenvalue weighted by Gasteiger charge is 2.45. The number of alkyl halides is 4. The molecule has 0 aliphatic carbocycles. The number of carbonyl (C=O) groups is 1. The molecule has 0 fully saturated rings. The maximum Gasteiger partial charge on any atom is 0.311 e. The van der Waals surface area contributed by atoms with Crippen LogP contribution in [-0.4, -0.2) is 21.7 Å². The van der Waals surface area contributed by atoms with E-state index in [4.69, 9.17) is 51.1 Å². The van der Waals surface area contributed by atoms with Crippen LogP contribution < -0.4 is 0 Å². The predicted molar refractivity (Wildman–Crippen MR) is 74.2 cm³/mol. The molecule has 0 amide bonds. The summed E-state index contributed by atoms with van der Waals surface area (Å²) in [5, 5.41) is 0. The average Bonchev–Trinajstić information content (AvgIpc) is 2.12. The van der Waals surface area contributed by atoms with Gasteiger partial charge in [-0.15, -0.1) is 46.4 Å². The summed E-state index contributed by atoms with van der Waals surface area (Å²) in [5.41, 5.74) is -0.910. The van der Waals surface area contributed by atoms with Crippen LogP contribution in [0.4, 0.5) is 0 Å². The minimum atomic E-state index is -1.04. The van der Waals surface area contributed by atoms with Crippen LogP contribution in [0.1, 0.15) is 40.0 Å². The molecule has 0 saturated heterocycles. The second-order valence-corrected chi connectivity index (χ2v) is 8.19. The number of rotatable bonds is 6. The maximum atomic E-state index is 11.8. The smallest absolute Gasteiger partial charge is 0.311 e. The lowest BCUT2D eigenvalue weighted by atomic mass is 9.80. The average molecular weight is 324 g/mol. The third-order valence-corrected chi connectivity index (χ3v) is 3.61. The molecule has 0 N–H and O–H groups in total. The molecule has 0 aliphatic rings. The van der Waals surface area contributed by atoms with Crippen molar-refractivity contribution in [3.8, 4) is 0 Å². The van der Waals surface area contributed by atoms with Crippen LogP contribution in [0.2, 0.25) is 0 Å². The van der Waals surface area contributed by atoms with Gasteiger partial charge < -0.3 is 4.74 Å². The third kappa shape index (κ3) is 6.37. The number of ether oxygens (including phenoxy) is 1. The molecule has 0 saturated carbocycles. The topological polar surface area (TPSA) is 26.3 Å². The van der Waals surface area contributed by atoms with Gasteiger partial charge in [-0.25, -0.2) is 0 Å². The van der Waals surface area contributed by atoms with Crippen molar-refractivity contribution in [2.75, 3.05) is 7.11 Å². The van der Waals surface area contributed by atoms with Gasteiger partial charge in [-0.2, -0.15) is 0 Å². The standard InChI is InChI=1S/C11H18Cl4O2/c1-5-11(14,15)7-9(2,8(16)17-4)6-10(3,12)13/h5-7H2,1-4H3. The van der Waals surface area contributed by atoms with Gasteiger partial charge in [0.05, 0.1) is 12.5 Å². The molecule has 0 spiro atoms. The fourth-order valence-electron chi connectivity index (χ4n) is 1.83. The van der Waals surface area contributed by atoms with Crippen LogP contribution in [0.25, 0.3) is 0 Å². The third-order valence-electron chi connectivity index (χ3n) is 2.54. The van der Waals surface area contributed by atoms with Crippen molar-refractivity contribution in [1.29, 1.82) is 0 Å². The van der Waals surface area contributed by atoms with Gasteiger partial charge in [0, 0.05) is 0 Å². The second-order valence-electron chi connectivity index (χ2n) is 4.69. The molecule has 17 heavy (non-hydrogen) atoms. The highest BCUT2D eigenvalue weighted by molar-refractivity contribution is 6.49. The Morgan fingerprint density at radius 3 is 1.88 bits per heavy atom. The van der Waals surface area contributed by atoms with Gasteiger partial charge in [-0.3, -0.25) is 4.79 Å². The van der Waals surface area contributed by atoms with E-state index < -0.39 is 20.1 Å². The van der Waals surface area contributed by atoms with Gasteiger partial charge in [-0.1, -0.05) is 6.92 Å². The summed E-state index contributed by atoms with van der Waals surface area (Å²) in [6.07, 6.45) is 0.974. The van der Waals surface area contributed by atoms with Crippen LogP contribution in [0.5, 0.6) is 0 Å². The maximum absolute atomic E-state index is 11.8. The Hall–Kier alpha value is 0.630. The van der Waals surface area contributed by atoms with Crippen molar-refractivity contribution in [1.82, 2.24) is 0 Å². The number of carbonyl (C=O) groups excluding carboxylic acids is 1. The Balaban J connectivity index is 5.05. The van der Waals surface area contributed by atoms with Crippen molar-refractivity contribution < 1.29 is 9.53 Å². The van der Waals surface area contributed by atoms with E-state index in [9.17, 15) is 4.79 Å². The zero-order valence-electron chi connectivity index (χ0n) is 10.4. The molecule has 1 atom stereocenters. The molecule has 0 radical (unpaired) electrons. The van der Waals surface area contributed by atoms with E-state index in [1.54, 1.807) is 13.8 Å². The monoisotopic (exact) mass is 322 g/mol. The minimum Gasteiger partial charge on any atom is -0.469 e. The Labute approximate surface area is 123 Å². The van der Waals surface area contributed by atoms with E-state index in [0.29, 0.717) is 6.42 Å². The van der Waals surface area contributed by atoms with E-state index in [-0.39, 0.29) is 12.8 Å². The van der Waals surface area contributed by atoms with Crippen LogP contribution in [0.3, 0.4) is 0 Å². The van der Waals surface area contributed by atoms with E-state index in [1.807, 2.05) is 6.92 Å². The van der Waals surface area contributed by atoms with Crippen molar-refractivity contribution >= 4 is 52.4 Å². The molecular weight excluding hydrogens is 306 g/mol. The summed E-state index contributed by atoms with van der Waals surface area (Å²) in [4.78, 5) is 11.8. The molecule has 0 bridgehead atoms. The van der Waals surface area contributed by atoms with Gasteiger partial charge in [-0.05, 0) is 33.1 Å². The lowest BCUT2D eigenvalue weighted by Crippen LogP contribution is -2.38. The fourth-order valence-corrected chi connectivity index (χ4v) is 3.01. The molecule has 0 heterocycles. The largest absolute Gasteiger partial charge is 0.469 e. The van der Waals surface area contributed by atoms with Crippen molar-refractivity contribution in [3.63, 3.8) is 0 Å². The normalized spacial score (nSPS) is 16.5. The first-order valence-electron chi connectivity index (χ1n) is 5.30. The van der Waals surface area contributed by atoms with E-state index in [1.165, 1.54) is 7.11 Å².